The van der Waals surface area contributed by atoms with Crippen molar-refractivity contribution < 1.29 is 4.74 Å². The van der Waals surface area contributed by atoms with Gasteiger partial charge in [-0.3, -0.25) is 0 Å². The molecule has 2 aromatic carbocycles. The third kappa shape index (κ3) is 2.81. The lowest BCUT2D eigenvalue weighted by molar-refractivity contribution is 0.340. The molecule has 1 unspecified atom stereocenters. The number of hydrogen-bond acceptors (Lipinski definition) is 3. The molecular weight excluding hydrogens is 224 g/mol. The van der Waals surface area contributed by atoms with Gasteiger partial charge in [-0.15, -0.1) is 0 Å². The summed E-state index contributed by atoms with van der Waals surface area (Å²) < 4.78 is 5.40. The van der Waals surface area contributed by atoms with Crippen molar-refractivity contribution in [2.75, 3.05) is 12.3 Å². The summed E-state index contributed by atoms with van der Waals surface area (Å²) in [6, 6.07) is 15.3. The van der Waals surface area contributed by atoms with E-state index in [2.05, 4.69) is 0 Å². The Morgan fingerprint density at radius 2 is 1.78 bits per heavy atom. The van der Waals surface area contributed by atoms with E-state index < -0.39 is 0 Å². The number of ether oxygens (including phenoxy) is 1. The number of nitrogen functional groups attached to an aromatic ring is 1. The van der Waals surface area contributed by atoms with Crippen LogP contribution in [0.5, 0.6) is 5.75 Å². The van der Waals surface area contributed by atoms with Crippen molar-refractivity contribution in [3.63, 3.8) is 0 Å². The number of anilines is 1. The topological polar surface area (TPSA) is 61.3 Å². The zero-order chi connectivity index (χ0) is 13.0. The lowest BCUT2D eigenvalue weighted by Gasteiger charge is -2.13. The maximum absolute atomic E-state index is 6.21. The van der Waals surface area contributed by atoms with Crippen LogP contribution in [0, 0.1) is 0 Å². The van der Waals surface area contributed by atoms with Crippen LogP contribution >= 0.6 is 0 Å². The molecule has 1 atom stereocenters. The van der Waals surface area contributed by atoms with Gasteiger partial charge in [0.05, 0.1) is 12.6 Å². The molecule has 94 valence electrons. The molecule has 0 spiro atoms. The predicted molar refractivity (Wildman–Crippen MR) is 74.5 cm³/mol. The third-order valence-corrected chi connectivity index (χ3v) is 2.82. The SMILES string of the molecule is CCOc1ccc(C(N)c2cccc(N)c2)cc1. The number of hydrogen-bond donors (Lipinski definition) is 2. The summed E-state index contributed by atoms with van der Waals surface area (Å²) in [4.78, 5) is 0. The molecule has 0 fully saturated rings. The minimum atomic E-state index is -0.163. The van der Waals surface area contributed by atoms with Crippen LogP contribution in [-0.4, -0.2) is 6.61 Å². The fraction of sp³-hybridized carbons (Fsp3) is 0.200. The molecule has 0 aliphatic carbocycles. The summed E-state index contributed by atoms with van der Waals surface area (Å²) >= 11 is 0. The normalized spacial score (nSPS) is 12.1. The first-order valence-corrected chi connectivity index (χ1v) is 6.04. The molecule has 0 aliphatic rings. The fourth-order valence-corrected chi connectivity index (χ4v) is 1.88. The molecule has 0 aliphatic heterocycles. The number of benzene rings is 2. The van der Waals surface area contributed by atoms with Crippen molar-refractivity contribution in [1.29, 1.82) is 0 Å². The molecule has 2 rings (SSSR count). The van der Waals surface area contributed by atoms with Gasteiger partial charge in [-0.1, -0.05) is 24.3 Å². The van der Waals surface area contributed by atoms with Gasteiger partial charge in [0, 0.05) is 5.69 Å². The molecule has 0 aromatic heterocycles. The predicted octanol–water partition coefficient (Wildman–Crippen LogP) is 2.72. The second-order valence-corrected chi connectivity index (χ2v) is 4.15. The molecule has 2 aromatic rings. The highest BCUT2D eigenvalue weighted by Crippen LogP contribution is 2.23. The fourth-order valence-electron chi connectivity index (χ4n) is 1.88. The van der Waals surface area contributed by atoms with Crippen LogP contribution < -0.4 is 16.2 Å². The first-order valence-electron chi connectivity index (χ1n) is 6.04. The lowest BCUT2D eigenvalue weighted by Crippen LogP contribution is -2.12. The van der Waals surface area contributed by atoms with E-state index in [1.165, 1.54) is 0 Å². The Balaban J connectivity index is 2.20. The summed E-state index contributed by atoms with van der Waals surface area (Å²) in [6.07, 6.45) is 0. The van der Waals surface area contributed by atoms with Crippen molar-refractivity contribution >= 4 is 5.69 Å². The summed E-state index contributed by atoms with van der Waals surface area (Å²) in [5, 5.41) is 0. The highest BCUT2D eigenvalue weighted by Gasteiger charge is 2.08. The van der Waals surface area contributed by atoms with Crippen LogP contribution in [0.1, 0.15) is 24.1 Å². The van der Waals surface area contributed by atoms with Crippen LogP contribution in [0.25, 0.3) is 0 Å². The standard InChI is InChI=1S/C15H18N2O/c1-2-18-14-8-6-11(7-9-14)15(17)12-4-3-5-13(16)10-12/h3-10,15H,2,16-17H2,1H3. The van der Waals surface area contributed by atoms with Gasteiger partial charge in [0.25, 0.3) is 0 Å². The molecule has 3 nitrogen and oxygen atoms in total. The van der Waals surface area contributed by atoms with E-state index in [9.17, 15) is 0 Å². The van der Waals surface area contributed by atoms with E-state index in [1.807, 2.05) is 55.5 Å². The maximum Gasteiger partial charge on any atom is 0.119 e. The van der Waals surface area contributed by atoms with Crippen molar-refractivity contribution in [2.24, 2.45) is 5.73 Å². The molecule has 0 amide bonds. The van der Waals surface area contributed by atoms with Gasteiger partial charge in [-0.05, 0) is 42.3 Å². The summed E-state index contributed by atoms with van der Waals surface area (Å²) in [6.45, 7) is 2.63. The molecule has 0 saturated heterocycles. The summed E-state index contributed by atoms with van der Waals surface area (Å²) in [5.41, 5.74) is 14.8. The van der Waals surface area contributed by atoms with Crippen molar-refractivity contribution in [3.8, 4) is 5.75 Å². The smallest absolute Gasteiger partial charge is 0.119 e. The average Bonchev–Trinajstić information content (AvgIpc) is 2.39. The molecular formula is C15H18N2O. The molecule has 0 heterocycles. The zero-order valence-electron chi connectivity index (χ0n) is 10.5. The first kappa shape index (κ1) is 12.5. The minimum Gasteiger partial charge on any atom is -0.494 e. The van der Waals surface area contributed by atoms with Gasteiger partial charge >= 0.3 is 0 Å². The van der Waals surface area contributed by atoms with Crippen LogP contribution in [0.4, 0.5) is 5.69 Å². The highest BCUT2D eigenvalue weighted by molar-refractivity contribution is 5.44. The second kappa shape index (κ2) is 5.56. The third-order valence-electron chi connectivity index (χ3n) is 2.82. The molecule has 18 heavy (non-hydrogen) atoms. The second-order valence-electron chi connectivity index (χ2n) is 4.15. The largest absolute Gasteiger partial charge is 0.494 e. The Morgan fingerprint density at radius 3 is 2.39 bits per heavy atom. The summed E-state index contributed by atoms with van der Waals surface area (Å²) in [5.74, 6) is 0.862. The zero-order valence-corrected chi connectivity index (χ0v) is 10.5. The van der Waals surface area contributed by atoms with Crippen molar-refractivity contribution in [1.82, 2.24) is 0 Å². The van der Waals surface area contributed by atoms with E-state index in [0.717, 1.165) is 22.6 Å². The quantitative estimate of drug-likeness (QED) is 0.810. The van der Waals surface area contributed by atoms with E-state index in [0.29, 0.717) is 6.61 Å². The highest BCUT2D eigenvalue weighted by atomic mass is 16.5. The Morgan fingerprint density at radius 1 is 1.06 bits per heavy atom. The number of rotatable bonds is 4. The molecule has 0 bridgehead atoms. The first-order chi connectivity index (χ1) is 8.70. The van der Waals surface area contributed by atoms with Gasteiger partial charge in [0.1, 0.15) is 5.75 Å². The summed E-state index contributed by atoms with van der Waals surface area (Å²) in [7, 11) is 0. The minimum absolute atomic E-state index is 0.163. The monoisotopic (exact) mass is 242 g/mol. The Hall–Kier alpha value is -2.00. The van der Waals surface area contributed by atoms with Gasteiger partial charge < -0.3 is 16.2 Å². The van der Waals surface area contributed by atoms with Crippen LogP contribution in [0.2, 0.25) is 0 Å². The van der Waals surface area contributed by atoms with E-state index in [4.69, 9.17) is 16.2 Å². The van der Waals surface area contributed by atoms with Gasteiger partial charge in [-0.25, -0.2) is 0 Å². The molecule has 0 radical (unpaired) electrons. The van der Waals surface area contributed by atoms with Crippen LogP contribution in [-0.2, 0) is 0 Å². The van der Waals surface area contributed by atoms with E-state index >= 15 is 0 Å². The molecule has 4 N–H and O–H groups in total. The number of nitrogens with two attached hydrogens (primary N) is 2. The van der Waals surface area contributed by atoms with Crippen LogP contribution in [0.3, 0.4) is 0 Å². The average molecular weight is 242 g/mol. The Kier molecular flexibility index (Phi) is 3.85. The van der Waals surface area contributed by atoms with Gasteiger partial charge in [0.15, 0.2) is 0 Å². The van der Waals surface area contributed by atoms with Crippen molar-refractivity contribution in [2.45, 2.75) is 13.0 Å². The molecule has 0 saturated carbocycles. The van der Waals surface area contributed by atoms with Gasteiger partial charge in [0.2, 0.25) is 0 Å². The maximum atomic E-state index is 6.21. The van der Waals surface area contributed by atoms with Gasteiger partial charge in [-0.2, -0.15) is 0 Å². The van der Waals surface area contributed by atoms with E-state index in [-0.39, 0.29) is 6.04 Å². The van der Waals surface area contributed by atoms with E-state index in [1.54, 1.807) is 0 Å². The lowest BCUT2D eigenvalue weighted by atomic mass is 9.99. The van der Waals surface area contributed by atoms with Crippen molar-refractivity contribution in [3.05, 3.63) is 59.7 Å². The molecule has 3 heteroatoms. The van der Waals surface area contributed by atoms with Crippen LogP contribution in [0.15, 0.2) is 48.5 Å². The Labute approximate surface area is 107 Å². The Bertz CT molecular complexity index is 508.